The molecule has 0 bridgehead atoms. The predicted molar refractivity (Wildman–Crippen MR) is 73.6 cm³/mol. The Morgan fingerprint density at radius 3 is 3.11 bits per heavy atom. The fourth-order valence-corrected chi connectivity index (χ4v) is 2.14. The molecule has 0 spiro atoms. The van der Waals surface area contributed by atoms with Gasteiger partial charge in [-0.05, 0) is 30.2 Å². The van der Waals surface area contributed by atoms with Crippen molar-refractivity contribution in [2.24, 2.45) is 0 Å². The van der Waals surface area contributed by atoms with Gasteiger partial charge in [0.15, 0.2) is 0 Å². The molecule has 1 aromatic carbocycles. The van der Waals surface area contributed by atoms with Crippen LogP contribution >= 0.6 is 11.6 Å². The van der Waals surface area contributed by atoms with E-state index in [9.17, 15) is 4.79 Å². The van der Waals surface area contributed by atoms with Crippen LogP contribution in [0.15, 0.2) is 30.5 Å². The number of rotatable bonds is 2. The summed E-state index contributed by atoms with van der Waals surface area (Å²) in [6.45, 7) is 0.914. The van der Waals surface area contributed by atoms with Crippen molar-refractivity contribution in [3.05, 3.63) is 46.7 Å². The molecule has 2 N–H and O–H groups in total. The van der Waals surface area contributed by atoms with E-state index >= 15 is 0 Å². The van der Waals surface area contributed by atoms with Crippen molar-refractivity contribution in [2.75, 3.05) is 17.2 Å². The fraction of sp³-hybridized carbons (Fsp3) is 0.154. The normalized spacial score (nSPS) is 12.7. The summed E-state index contributed by atoms with van der Waals surface area (Å²) in [5.74, 6) is -0.0512. The number of carbonyl (C=O) groups is 1. The average molecular weight is 275 g/mol. The molecule has 1 aliphatic heterocycles. The number of benzene rings is 1. The molecule has 19 heavy (non-hydrogen) atoms. The maximum atomic E-state index is 12.1. The first-order chi connectivity index (χ1) is 9.22. The molecule has 96 valence electrons. The van der Waals surface area contributed by atoms with Crippen LogP contribution in [0.2, 0.25) is 5.15 Å². The number of carbonyl (C=O) groups excluding carboxylic acids is 1. The molecule has 0 fully saturated rings. The van der Waals surface area contributed by atoms with E-state index in [1.165, 1.54) is 11.8 Å². The number of anilines is 2. The van der Waals surface area contributed by atoms with Crippen LogP contribution in [0.4, 0.5) is 11.6 Å². The number of amides is 1. The molecule has 0 atom stereocenters. The van der Waals surface area contributed by atoms with Gasteiger partial charge >= 0.3 is 0 Å². The number of hydrogen-bond acceptors (Lipinski definition) is 4. The van der Waals surface area contributed by atoms with Crippen LogP contribution in [0.1, 0.15) is 15.9 Å². The van der Waals surface area contributed by atoms with Crippen LogP contribution in [0.5, 0.6) is 0 Å². The third kappa shape index (κ3) is 2.51. The molecule has 1 amide bonds. The number of aromatic nitrogens is 2. The van der Waals surface area contributed by atoms with E-state index in [2.05, 4.69) is 20.6 Å². The molecule has 0 saturated carbocycles. The zero-order valence-electron chi connectivity index (χ0n) is 9.98. The highest BCUT2D eigenvalue weighted by Crippen LogP contribution is 2.23. The molecule has 0 aliphatic carbocycles. The van der Waals surface area contributed by atoms with Gasteiger partial charge in [-0.3, -0.25) is 10.1 Å². The topological polar surface area (TPSA) is 66.9 Å². The molecule has 0 unspecified atom stereocenters. The lowest BCUT2D eigenvalue weighted by Gasteiger charge is -2.06. The molecule has 1 aromatic heterocycles. The molecule has 3 rings (SSSR count). The minimum atomic E-state index is -0.251. The third-order valence-corrected chi connectivity index (χ3v) is 3.14. The van der Waals surface area contributed by atoms with Gasteiger partial charge in [0.05, 0.1) is 0 Å². The monoisotopic (exact) mass is 274 g/mol. The first kappa shape index (κ1) is 11.9. The Labute approximate surface area is 115 Å². The van der Waals surface area contributed by atoms with Crippen LogP contribution in [0, 0.1) is 0 Å². The summed E-state index contributed by atoms with van der Waals surface area (Å²) in [6, 6.07) is 7.15. The Morgan fingerprint density at radius 2 is 2.26 bits per heavy atom. The Morgan fingerprint density at radius 1 is 1.37 bits per heavy atom. The van der Waals surface area contributed by atoms with Gasteiger partial charge in [0, 0.05) is 24.0 Å². The Balaban J connectivity index is 1.81. The zero-order chi connectivity index (χ0) is 13.2. The van der Waals surface area contributed by atoms with E-state index in [1.54, 1.807) is 12.1 Å². The van der Waals surface area contributed by atoms with Crippen LogP contribution in [-0.4, -0.2) is 22.4 Å². The first-order valence-electron chi connectivity index (χ1n) is 5.89. The molecular formula is C13H11ClN4O. The van der Waals surface area contributed by atoms with Crippen LogP contribution in [-0.2, 0) is 6.42 Å². The SMILES string of the molecule is O=C(Nc1nccc(Cl)n1)c1ccc2c(c1)NCC2. The van der Waals surface area contributed by atoms with Crippen LogP contribution < -0.4 is 10.6 Å². The van der Waals surface area contributed by atoms with Crippen LogP contribution in [0.3, 0.4) is 0 Å². The Hall–Kier alpha value is -2.14. The predicted octanol–water partition coefficient (Wildman–Crippen LogP) is 2.35. The number of hydrogen-bond donors (Lipinski definition) is 2. The second kappa shape index (κ2) is 4.85. The summed E-state index contributed by atoms with van der Waals surface area (Å²) in [4.78, 5) is 19.9. The maximum Gasteiger partial charge on any atom is 0.258 e. The lowest BCUT2D eigenvalue weighted by molar-refractivity contribution is 0.102. The smallest absolute Gasteiger partial charge is 0.258 e. The van der Waals surface area contributed by atoms with Gasteiger partial charge in [0.2, 0.25) is 5.95 Å². The van der Waals surface area contributed by atoms with Crippen molar-refractivity contribution in [3.8, 4) is 0 Å². The van der Waals surface area contributed by atoms with Gasteiger partial charge in [0.25, 0.3) is 5.91 Å². The standard InChI is InChI=1S/C13H11ClN4O/c14-11-4-6-16-13(17-11)18-12(19)9-2-1-8-3-5-15-10(8)7-9/h1-2,4,6-7,15H,3,5H2,(H,16,17,18,19). The number of nitrogens with one attached hydrogen (secondary N) is 2. The van der Waals surface area contributed by atoms with Crippen molar-refractivity contribution in [3.63, 3.8) is 0 Å². The summed E-state index contributed by atoms with van der Waals surface area (Å²) in [7, 11) is 0. The molecule has 2 heterocycles. The van der Waals surface area contributed by atoms with E-state index in [-0.39, 0.29) is 11.9 Å². The van der Waals surface area contributed by atoms with Gasteiger partial charge in [-0.25, -0.2) is 9.97 Å². The van der Waals surface area contributed by atoms with Gasteiger partial charge in [0.1, 0.15) is 5.15 Å². The minimum Gasteiger partial charge on any atom is -0.384 e. The lowest BCUT2D eigenvalue weighted by Crippen LogP contribution is -2.14. The second-order valence-corrected chi connectivity index (χ2v) is 4.59. The van der Waals surface area contributed by atoms with E-state index in [4.69, 9.17) is 11.6 Å². The zero-order valence-corrected chi connectivity index (χ0v) is 10.7. The van der Waals surface area contributed by atoms with E-state index in [0.717, 1.165) is 18.7 Å². The number of halogens is 1. The summed E-state index contributed by atoms with van der Waals surface area (Å²) < 4.78 is 0. The molecule has 2 aromatic rings. The van der Waals surface area contributed by atoms with Gasteiger partial charge in [-0.2, -0.15) is 0 Å². The minimum absolute atomic E-state index is 0.200. The molecule has 5 nitrogen and oxygen atoms in total. The summed E-state index contributed by atoms with van der Waals surface area (Å²) >= 11 is 5.74. The van der Waals surface area contributed by atoms with Crippen molar-refractivity contribution < 1.29 is 4.79 Å². The Kier molecular flexibility index (Phi) is 3.05. The van der Waals surface area contributed by atoms with Crippen molar-refractivity contribution in [1.29, 1.82) is 0 Å². The lowest BCUT2D eigenvalue weighted by atomic mass is 10.1. The van der Waals surface area contributed by atoms with Gasteiger partial charge in [-0.1, -0.05) is 17.7 Å². The van der Waals surface area contributed by atoms with Crippen LogP contribution in [0.25, 0.3) is 0 Å². The second-order valence-electron chi connectivity index (χ2n) is 4.21. The highest BCUT2D eigenvalue weighted by molar-refractivity contribution is 6.29. The highest BCUT2D eigenvalue weighted by Gasteiger charge is 2.14. The highest BCUT2D eigenvalue weighted by atomic mass is 35.5. The Bertz CT molecular complexity index is 644. The van der Waals surface area contributed by atoms with Gasteiger partial charge in [-0.15, -0.1) is 0 Å². The molecule has 0 saturated heterocycles. The third-order valence-electron chi connectivity index (χ3n) is 2.93. The van der Waals surface area contributed by atoms with Crippen molar-refractivity contribution in [2.45, 2.75) is 6.42 Å². The van der Waals surface area contributed by atoms with E-state index < -0.39 is 0 Å². The number of fused-ring (bicyclic) bond motifs is 1. The maximum absolute atomic E-state index is 12.1. The van der Waals surface area contributed by atoms with Gasteiger partial charge < -0.3 is 5.32 Å². The van der Waals surface area contributed by atoms with Crippen molar-refractivity contribution >= 4 is 29.1 Å². The molecular weight excluding hydrogens is 264 g/mol. The molecule has 1 aliphatic rings. The van der Waals surface area contributed by atoms with E-state index in [0.29, 0.717) is 10.7 Å². The summed E-state index contributed by atoms with van der Waals surface area (Å²) in [5, 5.41) is 6.15. The molecule has 6 heteroatoms. The number of nitrogens with zero attached hydrogens (tertiary/aromatic N) is 2. The van der Waals surface area contributed by atoms with Crippen molar-refractivity contribution in [1.82, 2.24) is 9.97 Å². The fourth-order valence-electron chi connectivity index (χ4n) is 2.00. The van der Waals surface area contributed by atoms with E-state index in [1.807, 2.05) is 12.1 Å². The average Bonchev–Trinajstić information content (AvgIpc) is 2.85. The quantitative estimate of drug-likeness (QED) is 0.825. The first-order valence-corrected chi connectivity index (χ1v) is 6.27. The largest absolute Gasteiger partial charge is 0.384 e. The summed E-state index contributed by atoms with van der Waals surface area (Å²) in [5.41, 5.74) is 2.81. The molecule has 0 radical (unpaired) electrons. The summed E-state index contributed by atoms with van der Waals surface area (Å²) in [6.07, 6.45) is 2.49.